The fourth-order valence-corrected chi connectivity index (χ4v) is 4.51. The van der Waals surface area contributed by atoms with Crippen LogP contribution in [0, 0.1) is 0 Å². The van der Waals surface area contributed by atoms with Crippen molar-refractivity contribution in [3.05, 3.63) is 66.0 Å². The molecule has 2 aromatic carbocycles. The zero-order valence-electron chi connectivity index (χ0n) is 19.4. The number of anilines is 1. The van der Waals surface area contributed by atoms with Gasteiger partial charge in [0.05, 0.1) is 24.1 Å². The highest BCUT2D eigenvalue weighted by molar-refractivity contribution is 5.98. The number of Topliss-reactive ketones (excluding diaryl/α,β-unsaturated/α-hetero) is 1. The van der Waals surface area contributed by atoms with Crippen LogP contribution in [0.2, 0.25) is 0 Å². The highest BCUT2D eigenvalue weighted by Gasteiger charge is 2.26. The summed E-state index contributed by atoms with van der Waals surface area (Å²) >= 11 is 0. The van der Waals surface area contributed by atoms with E-state index in [1.165, 1.54) is 6.33 Å². The Morgan fingerprint density at radius 1 is 1.11 bits per heavy atom. The van der Waals surface area contributed by atoms with Crippen LogP contribution in [0.25, 0.3) is 22.3 Å². The molecule has 35 heavy (non-hydrogen) atoms. The van der Waals surface area contributed by atoms with E-state index in [0.717, 1.165) is 24.0 Å². The molecule has 2 heterocycles. The van der Waals surface area contributed by atoms with Crippen molar-refractivity contribution >= 4 is 28.5 Å². The number of nitrogens with zero attached hydrogens (tertiary/aromatic N) is 4. The maximum atomic E-state index is 12.6. The minimum Gasteiger partial charge on any atom is -0.496 e. The van der Waals surface area contributed by atoms with Gasteiger partial charge >= 0.3 is 0 Å². The highest BCUT2D eigenvalue weighted by atomic mass is 16.5. The van der Waals surface area contributed by atoms with E-state index in [2.05, 4.69) is 15.3 Å². The van der Waals surface area contributed by atoms with E-state index in [0.29, 0.717) is 59.0 Å². The Morgan fingerprint density at radius 2 is 1.86 bits per heavy atom. The van der Waals surface area contributed by atoms with E-state index in [4.69, 9.17) is 15.6 Å². The number of nitrogens with two attached hydrogens (primary N) is 1. The van der Waals surface area contributed by atoms with Crippen LogP contribution in [-0.4, -0.2) is 38.5 Å². The second-order valence-electron chi connectivity index (χ2n) is 8.60. The molecule has 1 aliphatic carbocycles. The maximum Gasteiger partial charge on any atom is 0.255 e. The molecule has 178 valence electrons. The van der Waals surface area contributed by atoms with Crippen molar-refractivity contribution in [2.45, 2.75) is 38.3 Å². The lowest BCUT2D eigenvalue weighted by Gasteiger charge is -2.21. The van der Waals surface area contributed by atoms with Gasteiger partial charge in [0.15, 0.2) is 5.65 Å². The molecule has 0 atom stereocenters. The summed E-state index contributed by atoms with van der Waals surface area (Å²) in [5, 5.41) is 8.51. The van der Waals surface area contributed by atoms with Crippen LogP contribution >= 0.6 is 0 Å². The molecule has 1 amide bonds. The quantitative estimate of drug-likeness (QED) is 0.440. The van der Waals surface area contributed by atoms with Crippen molar-refractivity contribution in [1.82, 2.24) is 25.1 Å². The van der Waals surface area contributed by atoms with Gasteiger partial charge in [-0.3, -0.25) is 9.59 Å². The summed E-state index contributed by atoms with van der Waals surface area (Å²) in [6, 6.07) is 15.0. The van der Waals surface area contributed by atoms with Crippen molar-refractivity contribution in [2.24, 2.45) is 0 Å². The van der Waals surface area contributed by atoms with Gasteiger partial charge in [-0.05, 0) is 30.5 Å². The van der Waals surface area contributed by atoms with Crippen LogP contribution in [-0.2, 0) is 11.3 Å². The zero-order valence-corrected chi connectivity index (χ0v) is 19.4. The highest BCUT2D eigenvalue weighted by Crippen LogP contribution is 2.35. The first kappa shape index (κ1) is 22.5. The predicted octanol–water partition coefficient (Wildman–Crippen LogP) is 3.70. The SMILES string of the molecule is COc1ccccc1C(=O)NCc1ccc(-c2nn(C3CCC(=O)CC3)c3ncnc(N)c23)cc1. The van der Waals surface area contributed by atoms with Crippen molar-refractivity contribution < 1.29 is 14.3 Å². The number of nitrogens with one attached hydrogen (secondary N) is 1. The zero-order chi connectivity index (χ0) is 24.4. The summed E-state index contributed by atoms with van der Waals surface area (Å²) in [5.74, 6) is 0.994. The Hall–Kier alpha value is -4.27. The van der Waals surface area contributed by atoms with Crippen molar-refractivity contribution in [1.29, 1.82) is 0 Å². The second kappa shape index (κ2) is 9.54. The van der Waals surface area contributed by atoms with E-state index in [1.807, 2.05) is 35.0 Å². The molecular weight excluding hydrogens is 444 g/mol. The normalized spacial score (nSPS) is 14.3. The number of methoxy groups -OCH3 is 1. The van der Waals surface area contributed by atoms with Crippen LogP contribution in [0.4, 0.5) is 5.82 Å². The molecule has 0 bridgehead atoms. The molecule has 9 nitrogen and oxygen atoms in total. The van der Waals surface area contributed by atoms with Crippen LogP contribution < -0.4 is 15.8 Å². The molecule has 2 aromatic heterocycles. The molecule has 1 fully saturated rings. The van der Waals surface area contributed by atoms with Gasteiger partial charge in [0.1, 0.15) is 29.4 Å². The number of rotatable bonds is 6. The van der Waals surface area contributed by atoms with E-state index in [-0.39, 0.29) is 11.9 Å². The predicted molar refractivity (Wildman–Crippen MR) is 132 cm³/mol. The first-order chi connectivity index (χ1) is 17.0. The van der Waals surface area contributed by atoms with E-state index in [1.54, 1.807) is 25.3 Å². The number of nitrogen functional groups attached to an aromatic ring is 1. The van der Waals surface area contributed by atoms with Gasteiger partial charge in [0.2, 0.25) is 0 Å². The van der Waals surface area contributed by atoms with Gasteiger partial charge in [0, 0.05) is 24.9 Å². The van der Waals surface area contributed by atoms with E-state index in [9.17, 15) is 9.59 Å². The number of amides is 1. The number of ether oxygens (including phenoxy) is 1. The third-order valence-corrected chi connectivity index (χ3v) is 6.41. The summed E-state index contributed by atoms with van der Waals surface area (Å²) < 4.78 is 7.17. The lowest BCUT2D eigenvalue weighted by Crippen LogP contribution is -2.23. The molecule has 1 aliphatic rings. The number of benzene rings is 2. The Balaban J connectivity index is 1.38. The lowest BCUT2D eigenvalue weighted by atomic mass is 9.94. The topological polar surface area (TPSA) is 125 Å². The molecule has 1 saturated carbocycles. The number of hydrogen-bond acceptors (Lipinski definition) is 7. The molecule has 0 radical (unpaired) electrons. The number of fused-ring (bicyclic) bond motifs is 1. The first-order valence-corrected chi connectivity index (χ1v) is 11.6. The number of ketones is 1. The molecule has 0 spiro atoms. The van der Waals surface area contributed by atoms with Gasteiger partial charge in [0.25, 0.3) is 5.91 Å². The summed E-state index contributed by atoms with van der Waals surface area (Å²) in [7, 11) is 1.54. The Kier molecular flexibility index (Phi) is 6.13. The largest absolute Gasteiger partial charge is 0.496 e. The Labute approximate surface area is 202 Å². The van der Waals surface area contributed by atoms with Crippen LogP contribution in [0.5, 0.6) is 5.75 Å². The van der Waals surface area contributed by atoms with Crippen molar-refractivity contribution in [2.75, 3.05) is 12.8 Å². The average molecular weight is 471 g/mol. The maximum absolute atomic E-state index is 12.6. The third-order valence-electron chi connectivity index (χ3n) is 6.41. The molecule has 5 rings (SSSR count). The fourth-order valence-electron chi connectivity index (χ4n) is 4.51. The summed E-state index contributed by atoms with van der Waals surface area (Å²) in [6.45, 7) is 0.369. The van der Waals surface area contributed by atoms with E-state index >= 15 is 0 Å². The minimum atomic E-state index is -0.202. The lowest BCUT2D eigenvalue weighted by molar-refractivity contribution is -0.120. The van der Waals surface area contributed by atoms with Gasteiger partial charge in [-0.15, -0.1) is 0 Å². The fraction of sp³-hybridized carbons (Fsp3) is 0.269. The summed E-state index contributed by atoms with van der Waals surface area (Å²) in [4.78, 5) is 32.9. The molecular formula is C26H26N6O3. The van der Waals surface area contributed by atoms with Gasteiger partial charge in [-0.2, -0.15) is 5.10 Å². The molecule has 4 aromatic rings. The van der Waals surface area contributed by atoms with Crippen LogP contribution in [0.3, 0.4) is 0 Å². The minimum absolute atomic E-state index is 0.0997. The number of aromatic nitrogens is 4. The molecule has 0 aliphatic heterocycles. The Morgan fingerprint density at radius 3 is 2.60 bits per heavy atom. The van der Waals surface area contributed by atoms with Crippen LogP contribution in [0.15, 0.2) is 54.9 Å². The standard InChI is InChI=1S/C26H26N6O3/c1-35-21-5-3-2-4-20(21)26(34)28-14-16-6-8-17(9-7-16)23-22-24(27)29-15-30-25(22)32(31-23)18-10-12-19(33)13-11-18/h2-9,15,18H,10-14H2,1H3,(H,28,34)(H2,27,29,30). The smallest absolute Gasteiger partial charge is 0.255 e. The van der Waals surface area contributed by atoms with Gasteiger partial charge in [-0.1, -0.05) is 36.4 Å². The number of carbonyl (C=O) groups is 2. The third kappa shape index (κ3) is 4.44. The second-order valence-corrected chi connectivity index (χ2v) is 8.60. The molecule has 0 saturated heterocycles. The van der Waals surface area contributed by atoms with Crippen molar-refractivity contribution in [3.8, 4) is 17.0 Å². The molecule has 9 heteroatoms. The Bertz CT molecular complexity index is 1390. The van der Waals surface area contributed by atoms with Crippen LogP contribution in [0.1, 0.15) is 47.6 Å². The number of hydrogen-bond donors (Lipinski definition) is 2. The molecule has 0 unspecified atom stereocenters. The number of carbonyl (C=O) groups excluding carboxylic acids is 2. The van der Waals surface area contributed by atoms with E-state index < -0.39 is 0 Å². The van der Waals surface area contributed by atoms with Crippen molar-refractivity contribution in [3.63, 3.8) is 0 Å². The summed E-state index contributed by atoms with van der Waals surface area (Å²) in [6.07, 6.45) is 4.03. The average Bonchev–Trinajstić information content (AvgIpc) is 3.29. The monoisotopic (exact) mass is 470 g/mol. The molecule has 3 N–H and O–H groups in total. The first-order valence-electron chi connectivity index (χ1n) is 11.6. The van der Waals surface area contributed by atoms with Gasteiger partial charge in [-0.25, -0.2) is 14.6 Å². The van der Waals surface area contributed by atoms with Gasteiger partial charge < -0.3 is 15.8 Å². The summed E-state index contributed by atoms with van der Waals surface area (Å²) in [5.41, 5.74) is 9.93. The number of para-hydroxylation sites is 1.